The lowest BCUT2D eigenvalue weighted by molar-refractivity contribution is -0.901. The van der Waals surface area contributed by atoms with Gasteiger partial charge in [0.05, 0.1) is 59.5 Å². The number of hydrogen-bond acceptors (Lipinski definition) is 10. The lowest BCUT2D eigenvalue weighted by Gasteiger charge is -2.22. The minimum absolute atomic E-state index is 0.635. The molecule has 0 heterocycles. The molecular weight excluding hydrogens is 570 g/mol. The van der Waals surface area contributed by atoms with Crippen LogP contribution in [0.1, 0.15) is 0 Å². The van der Waals surface area contributed by atoms with Gasteiger partial charge in [0.2, 0.25) is 0 Å². The quantitative estimate of drug-likeness (QED) is 0.148. The Morgan fingerprint density at radius 1 is 0.541 bits per heavy atom. The van der Waals surface area contributed by atoms with Crippen molar-refractivity contribution in [1.29, 1.82) is 0 Å². The van der Waals surface area contributed by atoms with Crippen LogP contribution in [-0.4, -0.2) is 128 Å². The lowest BCUT2D eigenvalue weighted by atomic mass is 10.4. The predicted molar refractivity (Wildman–Crippen MR) is 117 cm³/mol. The van der Waals surface area contributed by atoms with Gasteiger partial charge in [-0.15, -0.1) is 0 Å². The molecule has 0 bridgehead atoms. The number of hydrogen-bond donors (Lipinski definition) is 1. The van der Waals surface area contributed by atoms with Crippen molar-refractivity contribution in [1.82, 2.24) is 0 Å². The first-order valence-electron chi connectivity index (χ1n) is 10.5. The minimum Gasteiger partial charge on any atom is -0.421 e. The molecule has 0 fully saturated rings. The molecule has 0 atom stereocenters. The first-order valence-corrected chi connectivity index (χ1v) is 13.3. The number of halogens is 6. The summed E-state index contributed by atoms with van der Waals surface area (Å²) in [4.78, 5) is 1.41. The predicted octanol–water partition coefficient (Wildman–Crippen LogP) is -0.0804. The molecule has 0 amide bonds. The van der Waals surface area contributed by atoms with Crippen LogP contribution in [0.2, 0.25) is 0 Å². The summed E-state index contributed by atoms with van der Waals surface area (Å²) in [6, 6.07) is 0. The van der Waals surface area contributed by atoms with Gasteiger partial charge >= 0.3 is 11.0 Å². The van der Waals surface area contributed by atoms with Crippen LogP contribution in [0.5, 0.6) is 0 Å². The molecule has 0 saturated heterocycles. The minimum atomic E-state index is -6.72. The van der Waals surface area contributed by atoms with E-state index in [1.807, 2.05) is 0 Å². The highest BCUT2D eigenvalue weighted by Crippen LogP contribution is 2.36. The Kier molecular flexibility index (Phi) is 20.8. The second-order valence-electron chi connectivity index (χ2n) is 6.73. The monoisotopic (exact) mass is 604 g/mol. The van der Waals surface area contributed by atoms with E-state index in [0.717, 1.165) is 43.6 Å². The van der Waals surface area contributed by atoms with Gasteiger partial charge in [0.1, 0.15) is 19.6 Å². The SMILES string of the molecule is COCCOCC[NH+](CCOCCOC)CCOCCOC.O=S(=O)([N-]S(=O)(=O)C(F)(F)F)C(F)(F)F. The maximum Gasteiger partial charge on any atom is 0.480 e. The second-order valence-corrected chi connectivity index (χ2v) is 10.2. The number of methoxy groups -OCH3 is 3. The fourth-order valence-corrected chi connectivity index (χ4v) is 3.68. The van der Waals surface area contributed by atoms with E-state index in [0.29, 0.717) is 39.6 Å². The Bertz CT molecular complexity index is 692. The van der Waals surface area contributed by atoms with Crippen LogP contribution < -0.4 is 4.90 Å². The van der Waals surface area contributed by atoms with E-state index in [4.69, 9.17) is 28.4 Å². The number of quaternary nitrogens is 1. The van der Waals surface area contributed by atoms with Crippen LogP contribution in [0, 0.1) is 0 Å². The molecule has 0 aliphatic carbocycles. The van der Waals surface area contributed by atoms with Gasteiger partial charge < -0.3 is 37.4 Å². The number of nitrogens with zero attached hydrogens (tertiary/aromatic N) is 1. The van der Waals surface area contributed by atoms with Gasteiger partial charge in [-0.05, 0) is 0 Å². The summed E-state index contributed by atoms with van der Waals surface area (Å²) < 4.78 is 141. The van der Waals surface area contributed by atoms with E-state index >= 15 is 0 Å². The Hall–Kier alpha value is -0.840. The molecule has 0 aliphatic heterocycles. The van der Waals surface area contributed by atoms with E-state index in [1.54, 1.807) is 21.3 Å². The average molecular weight is 605 g/mol. The zero-order valence-electron chi connectivity index (χ0n) is 20.6. The van der Waals surface area contributed by atoms with Gasteiger partial charge in [0.25, 0.3) is 0 Å². The fourth-order valence-electron chi connectivity index (χ4n) is 1.97. The Morgan fingerprint density at radius 3 is 1.03 bits per heavy atom. The molecule has 37 heavy (non-hydrogen) atoms. The molecule has 226 valence electrons. The molecule has 0 spiro atoms. The van der Waals surface area contributed by atoms with Crippen molar-refractivity contribution in [2.24, 2.45) is 0 Å². The Balaban J connectivity index is 0. The first-order chi connectivity index (χ1) is 17.1. The highest BCUT2D eigenvalue weighted by Gasteiger charge is 2.46. The number of alkyl halides is 6. The van der Waals surface area contributed by atoms with E-state index < -0.39 is 31.1 Å². The van der Waals surface area contributed by atoms with Crippen molar-refractivity contribution in [2.75, 3.05) is 100 Å². The molecular formula is C17H34F6N2O10S2. The number of ether oxygens (including phenoxy) is 6. The number of nitrogens with one attached hydrogen (secondary N) is 1. The summed E-state index contributed by atoms with van der Waals surface area (Å²) in [6.45, 7) is 8.77. The third-order valence-electron chi connectivity index (χ3n) is 3.88. The van der Waals surface area contributed by atoms with E-state index in [-0.39, 0.29) is 0 Å². The molecule has 0 unspecified atom stereocenters. The van der Waals surface area contributed by atoms with Crippen LogP contribution in [0.15, 0.2) is 0 Å². The van der Waals surface area contributed by atoms with Crippen LogP contribution >= 0.6 is 0 Å². The van der Waals surface area contributed by atoms with Crippen LogP contribution in [0.25, 0.3) is 4.13 Å². The smallest absolute Gasteiger partial charge is 0.421 e. The molecule has 0 saturated carbocycles. The van der Waals surface area contributed by atoms with Crippen molar-refractivity contribution in [3.8, 4) is 0 Å². The standard InChI is InChI=1S/C15H33NO6.C2F6NO4S2/c1-17-10-13-20-7-4-16(5-8-21-14-11-18-2)6-9-22-15-12-19-3;3-1(4,5)14(10,11)9-15(12,13)2(6,7)8/h4-15H2,1-3H3;/q;-1/p+1. The summed E-state index contributed by atoms with van der Waals surface area (Å²) in [5.41, 5.74) is -12.4. The molecule has 0 aromatic heterocycles. The fraction of sp³-hybridized carbons (Fsp3) is 1.00. The van der Waals surface area contributed by atoms with Crippen LogP contribution in [0.4, 0.5) is 26.3 Å². The van der Waals surface area contributed by atoms with Gasteiger partial charge in [-0.25, -0.2) is 16.8 Å². The zero-order valence-corrected chi connectivity index (χ0v) is 22.2. The van der Waals surface area contributed by atoms with Crippen LogP contribution in [0.3, 0.4) is 0 Å². The summed E-state index contributed by atoms with van der Waals surface area (Å²) in [7, 11) is -8.41. The van der Waals surface area contributed by atoms with E-state index in [9.17, 15) is 43.2 Å². The number of sulfonamides is 2. The second kappa shape index (κ2) is 20.1. The van der Waals surface area contributed by atoms with Crippen molar-refractivity contribution in [3.63, 3.8) is 0 Å². The molecule has 12 nitrogen and oxygen atoms in total. The van der Waals surface area contributed by atoms with E-state index in [1.165, 1.54) is 4.90 Å². The average Bonchev–Trinajstić information content (AvgIpc) is 2.76. The maximum atomic E-state index is 11.4. The van der Waals surface area contributed by atoms with Gasteiger partial charge in [-0.2, -0.15) is 26.3 Å². The molecule has 0 radical (unpaired) electrons. The molecule has 1 N–H and O–H groups in total. The molecule has 0 aliphatic rings. The maximum absolute atomic E-state index is 11.4. The topological polar surface area (TPSA) is 142 Å². The summed E-state index contributed by atoms with van der Waals surface area (Å²) in [5.74, 6) is 0. The molecule has 20 heteroatoms. The normalized spacial score (nSPS) is 13.0. The highest BCUT2D eigenvalue weighted by molar-refractivity contribution is 8.13. The largest absolute Gasteiger partial charge is 0.480 e. The Labute approximate surface area is 212 Å². The summed E-state index contributed by atoms with van der Waals surface area (Å²) >= 11 is 0. The van der Waals surface area contributed by atoms with Crippen molar-refractivity contribution < 1.29 is 76.5 Å². The van der Waals surface area contributed by atoms with Crippen molar-refractivity contribution in [2.45, 2.75) is 11.0 Å². The third kappa shape index (κ3) is 19.8. The van der Waals surface area contributed by atoms with Gasteiger partial charge in [-0.3, -0.25) is 0 Å². The Morgan fingerprint density at radius 2 is 0.811 bits per heavy atom. The lowest BCUT2D eigenvalue weighted by Crippen LogP contribution is -3.13. The van der Waals surface area contributed by atoms with Gasteiger partial charge in [-0.1, -0.05) is 0 Å². The summed E-state index contributed by atoms with van der Waals surface area (Å²) in [5, 5.41) is 0. The van der Waals surface area contributed by atoms with Crippen LogP contribution in [-0.2, 0) is 48.5 Å². The molecule has 0 aromatic carbocycles. The third-order valence-corrected chi connectivity index (χ3v) is 6.62. The first kappa shape index (κ1) is 38.3. The molecule has 0 rings (SSSR count). The van der Waals surface area contributed by atoms with Gasteiger partial charge in [0.15, 0.2) is 20.0 Å². The zero-order chi connectivity index (χ0) is 29.0. The highest BCUT2D eigenvalue weighted by atomic mass is 32.3. The van der Waals surface area contributed by atoms with Gasteiger partial charge in [0, 0.05) is 21.3 Å². The van der Waals surface area contributed by atoms with Crippen molar-refractivity contribution in [3.05, 3.63) is 4.13 Å². The summed E-state index contributed by atoms with van der Waals surface area (Å²) in [6.07, 6.45) is 0. The number of rotatable bonds is 20. The molecule has 0 aromatic rings. The van der Waals surface area contributed by atoms with Crippen molar-refractivity contribution >= 4 is 20.0 Å². The van der Waals surface area contributed by atoms with E-state index in [2.05, 4.69) is 0 Å².